The third-order valence-electron chi connectivity index (χ3n) is 5.80. The molecule has 1 saturated carbocycles. The standard InChI is InChI=1S/C23H27N3O5S3/c1-4-31-18(27)13-33-22-24-20-19(21(28)25(22)14-8-6-5-7-9-14)34-23(32)26(20)16-12-15(29-2)10-11-17(16)30-3/h10-12,14H,4-9,13H2,1-3H3. The minimum atomic E-state index is -0.339. The molecule has 0 amide bonds. The molecule has 1 fully saturated rings. The van der Waals surface area contributed by atoms with E-state index in [-0.39, 0.29) is 23.3 Å². The quantitative estimate of drug-likeness (QED) is 0.174. The van der Waals surface area contributed by atoms with Gasteiger partial charge in [-0.1, -0.05) is 42.4 Å². The van der Waals surface area contributed by atoms with E-state index in [0.717, 1.165) is 32.1 Å². The zero-order chi connectivity index (χ0) is 24.2. The van der Waals surface area contributed by atoms with Crippen LogP contribution in [0.1, 0.15) is 45.1 Å². The molecular weight excluding hydrogens is 494 g/mol. The Kier molecular flexibility index (Phi) is 7.95. The fourth-order valence-electron chi connectivity index (χ4n) is 4.22. The first-order valence-corrected chi connectivity index (χ1v) is 13.4. The van der Waals surface area contributed by atoms with Crippen molar-refractivity contribution in [3.63, 3.8) is 0 Å². The molecule has 0 aliphatic heterocycles. The van der Waals surface area contributed by atoms with Crippen LogP contribution in [0.3, 0.4) is 0 Å². The molecule has 0 saturated heterocycles. The van der Waals surface area contributed by atoms with Crippen LogP contribution in [0.25, 0.3) is 16.0 Å². The monoisotopic (exact) mass is 521 g/mol. The second-order valence-electron chi connectivity index (χ2n) is 7.85. The van der Waals surface area contributed by atoms with Gasteiger partial charge in [0.15, 0.2) is 14.8 Å². The number of ether oxygens (including phenoxy) is 3. The van der Waals surface area contributed by atoms with Crippen molar-refractivity contribution in [3.8, 4) is 17.2 Å². The van der Waals surface area contributed by atoms with Crippen molar-refractivity contribution in [2.75, 3.05) is 26.6 Å². The summed E-state index contributed by atoms with van der Waals surface area (Å²) in [7, 11) is 3.16. The number of methoxy groups -OCH3 is 2. The Balaban J connectivity index is 1.92. The number of fused-ring (bicyclic) bond motifs is 1. The molecule has 2 aromatic heterocycles. The molecule has 0 bridgehead atoms. The number of rotatable bonds is 8. The maximum atomic E-state index is 13.8. The van der Waals surface area contributed by atoms with E-state index in [9.17, 15) is 9.59 Å². The lowest BCUT2D eigenvalue weighted by atomic mass is 9.95. The van der Waals surface area contributed by atoms with Crippen LogP contribution in [0.15, 0.2) is 28.2 Å². The van der Waals surface area contributed by atoms with Gasteiger partial charge in [-0.05, 0) is 44.1 Å². The fourth-order valence-corrected chi connectivity index (χ4v) is 6.37. The maximum absolute atomic E-state index is 13.8. The minimum Gasteiger partial charge on any atom is -0.497 e. The van der Waals surface area contributed by atoms with E-state index in [0.29, 0.717) is 43.3 Å². The van der Waals surface area contributed by atoms with Gasteiger partial charge >= 0.3 is 5.97 Å². The van der Waals surface area contributed by atoms with Gasteiger partial charge in [0.05, 0.1) is 32.3 Å². The number of hydrogen-bond donors (Lipinski definition) is 0. The van der Waals surface area contributed by atoms with Crippen LogP contribution in [0.2, 0.25) is 0 Å². The number of carbonyl (C=O) groups is 1. The molecule has 3 aromatic rings. The van der Waals surface area contributed by atoms with Crippen molar-refractivity contribution in [2.45, 2.75) is 50.2 Å². The van der Waals surface area contributed by atoms with Crippen molar-refractivity contribution in [1.82, 2.24) is 14.1 Å². The summed E-state index contributed by atoms with van der Waals surface area (Å²) in [5.74, 6) is 0.944. The molecule has 11 heteroatoms. The second kappa shape index (κ2) is 10.9. The van der Waals surface area contributed by atoms with E-state index >= 15 is 0 Å². The molecule has 0 radical (unpaired) electrons. The molecule has 1 aromatic carbocycles. The minimum absolute atomic E-state index is 0.0540. The smallest absolute Gasteiger partial charge is 0.316 e. The summed E-state index contributed by atoms with van der Waals surface area (Å²) in [6.45, 7) is 2.08. The third-order valence-corrected chi connectivity index (χ3v) is 8.08. The second-order valence-corrected chi connectivity index (χ2v) is 10.4. The highest BCUT2D eigenvalue weighted by Gasteiger charge is 2.25. The molecule has 1 aliphatic rings. The zero-order valence-corrected chi connectivity index (χ0v) is 21.8. The topological polar surface area (TPSA) is 84.6 Å². The van der Waals surface area contributed by atoms with Gasteiger partial charge in [0.1, 0.15) is 16.2 Å². The number of thioether (sulfide) groups is 1. The molecule has 0 spiro atoms. The third kappa shape index (κ3) is 4.87. The van der Waals surface area contributed by atoms with Crippen LogP contribution < -0.4 is 15.0 Å². The summed E-state index contributed by atoms with van der Waals surface area (Å²) in [5.41, 5.74) is 0.965. The number of thiazole rings is 1. The van der Waals surface area contributed by atoms with Gasteiger partial charge in [-0.25, -0.2) is 4.98 Å². The van der Waals surface area contributed by atoms with E-state index in [1.807, 2.05) is 0 Å². The van der Waals surface area contributed by atoms with Gasteiger partial charge in [-0.15, -0.1) is 0 Å². The first-order chi connectivity index (χ1) is 16.5. The van der Waals surface area contributed by atoms with Crippen LogP contribution >= 0.6 is 35.3 Å². The number of nitrogens with zero attached hydrogens (tertiary/aromatic N) is 3. The van der Waals surface area contributed by atoms with E-state index < -0.39 is 0 Å². The normalized spacial score (nSPS) is 14.3. The maximum Gasteiger partial charge on any atom is 0.316 e. The van der Waals surface area contributed by atoms with Crippen LogP contribution in [-0.2, 0) is 9.53 Å². The Bertz CT molecular complexity index is 1310. The van der Waals surface area contributed by atoms with Crippen LogP contribution in [0, 0.1) is 3.95 Å². The lowest BCUT2D eigenvalue weighted by Gasteiger charge is -2.25. The van der Waals surface area contributed by atoms with E-state index in [1.165, 1.54) is 23.1 Å². The molecule has 4 rings (SSSR count). The molecule has 34 heavy (non-hydrogen) atoms. The molecule has 1 aliphatic carbocycles. The predicted octanol–water partition coefficient (Wildman–Crippen LogP) is 5.16. The average molecular weight is 522 g/mol. The summed E-state index contributed by atoms with van der Waals surface area (Å²) in [4.78, 5) is 30.8. The van der Waals surface area contributed by atoms with Crippen LogP contribution in [0.5, 0.6) is 11.5 Å². The molecule has 0 atom stereocenters. The van der Waals surface area contributed by atoms with E-state index in [2.05, 4.69) is 0 Å². The van der Waals surface area contributed by atoms with Gasteiger partial charge in [-0.3, -0.25) is 18.7 Å². The molecule has 0 N–H and O–H groups in total. The molecule has 8 nitrogen and oxygen atoms in total. The van der Waals surface area contributed by atoms with Crippen molar-refractivity contribution in [2.24, 2.45) is 0 Å². The molecule has 0 unspecified atom stereocenters. The lowest BCUT2D eigenvalue weighted by molar-refractivity contribution is -0.139. The zero-order valence-electron chi connectivity index (χ0n) is 19.4. The van der Waals surface area contributed by atoms with Gasteiger partial charge < -0.3 is 14.2 Å². The predicted molar refractivity (Wildman–Crippen MR) is 137 cm³/mol. The molecule has 182 valence electrons. The SMILES string of the molecule is CCOC(=O)CSc1nc2c(sc(=S)n2-c2cc(OC)ccc2OC)c(=O)n1C1CCCCC1. The fraction of sp³-hybridized carbons (Fsp3) is 0.478. The summed E-state index contributed by atoms with van der Waals surface area (Å²) >= 11 is 8.15. The summed E-state index contributed by atoms with van der Waals surface area (Å²) < 4.78 is 20.5. The number of carbonyl (C=O) groups excluding carboxylic acids is 1. The molecule has 2 heterocycles. The van der Waals surface area contributed by atoms with Crippen molar-refractivity contribution >= 4 is 51.6 Å². The first-order valence-electron chi connectivity index (χ1n) is 11.2. The van der Waals surface area contributed by atoms with Crippen molar-refractivity contribution < 1.29 is 19.0 Å². The van der Waals surface area contributed by atoms with Crippen LogP contribution in [0.4, 0.5) is 0 Å². The number of esters is 1. The first kappa shape index (κ1) is 24.7. The summed E-state index contributed by atoms with van der Waals surface area (Å²) in [5, 5.41) is 0.501. The lowest BCUT2D eigenvalue weighted by Crippen LogP contribution is -2.29. The van der Waals surface area contributed by atoms with E-state index in [4.69, 9.17) is 31.4 Å². The highest BCUT2D eigenvalue weighted by atomic mass is 32.2. The van der Waals surface area contributed by atoms with Gasteiger partial charge in [0, 0.05) is 12.1 Å². The van der Waals surface area contributed by atoms with Crippen molar-refractivity contribution in [1.29, 1.82) is 0 Å². The van der Waals surface area contributed by atoms with Crippen LogP contribution in [-0.4, -0.2) is 46.7 Å². The van der Waals surface area contributed by atoms with Gasteiger partial charge in [-0.2, -0.15) is 0 Å². The molecular formula is C23H27N3O5S3. The Morgan fingerprint density at radius 2 is 2.00 bits per heavy atom. The summed E-state index contributed by atoms with van der Waals surface area (Å²) in [6.07, 6.45) is 5.12. The Morgan fingerprint density at radius 1 is 1.24 bits per heavy atom. The largest absolute Gasteiger partial charge is 0.497 e. The van der Waals surface area contributed by atoms with Gasteiger partial charge in [0.2, 0.25) is 0 Å². The highest BCUT2D eigenvalue weighted by molar-refractivity contribution is 7.99. The van der Waals surface area contributed by atoms with Crippen molar-refractivity contribution in [3.05, 3.63) is 32.5 Å². The van der Waals surface area contributed by atoms with Gasteiger partial charge in [0.25, 0.3) is 5.56 Å². The average Bonchev–Trinajstić information content (AvgIpc) is 3.19. The Labute approximate surface area is 210 Å². The Hall–Kier alpha value is -2.37. The number of hydrogen-bond acceptors (Lipinski definition) is 9. The summed E-state index contributed by atoms with van der Waals surface area (Å²) in [6, 6.07) is 5.45. The number of aromatic nitrogens is 3. The number of benzene rings is 1. The van der Waals surface area contributed by atoms with E-state index in [1.54, 1.807) is 48.5 Å². The Morgan fingerprint density at radius 3 is 2.68 bits per heavy atom. The highest BCUT2D eigenvalue weighted by Crippen LogP contribution is 2.35.